The topological polar surface area (TPSA) is 71.8 Å². The second kappa shape index (κ2) is 8.27. The lowest BCUT2D eigenvalue weighted by Crippen LogP contribution is -2.39. The first kappa shape index (κ1) is 17.6. The van der Waals surface area contributed by atoms with Crippen molar-refractivity contribution in [3.63, 3.8) is 0 Å². The van der Waals surface area contributed by atoms with Gasteiger partial charge in [-0.15, -0.1) is 0 Å². The molecule has 2 heterocycles. The summed E-state index contributed by atoms with van der Waals surface area (Å²) >= 11 is 0. The van der Waals surface area contributed by atoms with Crippen LogP contribution in [-0.4, -0.2) is 50.7 Å². The fraction of sp³-hybridized carbons (Fsp3) is 0.474. The largest absolute Gasteiger partial charge is 0.451 e. The molecule has 0 atom stereocenters. The molecule has 134 valence electrons. The minimum atomic E-state index is -0.329. The molecule has 1 fully saturated rings. The summed E-state index contributed by atoms with van der Waals surface area (Å²) in [6.45, 7) is 4.36. The van der Waals surface area contributed by atoms with Gasteiger partial charge < -0.3 is 19.4 Å². The van der Waals surface area contributed by atoms with Crippen LogP contribution < -0.4 is 10.7 Å². The van der Waals surface area contributed by atoms with Crippen LogP contribution in [0.2, 0.25) is 0 Å². The molecule has 1 aromatic heterocycles. The molecule has 25 heavy (non-hydrogen) atoms. The van der Waals surface area contributed by atoms with Crippen LogP contribution in [0.15, 0.2) is 39.5 Å². The molecule has 1 aromatic carbocycles. The summed E-state index contributed by atoms with van der Waals surface area (Å²) in [7, 11) is 1.72. The van der Waals surface area contributed by atoms with E-state index < -0.39 is 0 Å². The predicted octanol–water partition coefficient (Wildman–Crippen LogP) is 1.88. The summed E-state index contributed by atoms with van der Waals surface area (Å²) in [6.07, 6.45) is 2.09. The Hall–Kier alpha value is -2.18. The molecule has 1 aliphatic heterocycles. The van der Waals surface area contributed by atoms with Gasteiger partial charge in [0.25, 0.3) is 5.91 Å². The number of nitrogens with zero attached hydrogens (tertiary/aromatic N) is 1. The van der Waals surface area contributed by atoms with Gasteiger partial charge in [0.1, 0.15) is 5.58 Å². The zero-order chi connectivity index (χ0) is 17.6. The van der Waals surface area contributed by atoms with Crippen molar-refractivity contribution in [1.82, 2.24) is 10.2 Å². The lowest BCUT2D eigenvalue weighted by atomic mass is 9.97. The summed E-state index contributed by atoms with van der Waals surface area (Å²) in [5, 5.41) is 3.39. The van der Waals surface area contributed by atoms with E-state index in [-0.39, 0.29) is 17.1 Å². The number of fused-ring (bicyclic) bond motifs is 1. The summed E-state index contributed by atoms with van der Waals surface area (Å²) in [5.41, 5.74) is 0.241. The molecule has 6 heteroatoms. The van der Waals surface area contributed by atoms with Crippen LogP contribution in [0.4, 0.5) is 0 Å². The number of rotatable bonds is 6. The first-order valence-corrected chi connectivity index (χ1v) is 8.70. The van der Waals surface area contributed by atoms with Crippen molar-refractivity contribution in [2.24, 2.45) is 5.92 Å². The second-order valence-corrected chi connectivity index (χ2v) is 6.46. The summed E-state index contributed by atoms with van der Waals surface area (Å²) < 4.78 is 10.7. The maximum atomic E-state index is 12.3. The molecule has 1 aliphatic rings. The van der Waals surface area contributed by atoms with Gasteiger partial charge in [0.05, 0.1) is 12.0 Å². The first-order chi connectivity index (χ1) is 12.2. The number of nitrogens with one attached hydrogen (secondary N) is 1. The number of hydrogen-bond acceptors (Lipinski definition) is 5. The number of carbonyl (C=O) groups is 1. The smallest absolute Gasteiger partial charge is 0.287 e. The van der Waals surface area contributed by atoms with Crippen molar-refractivity contribution >= 4 is 16.9 Å². The Kier molecular flexibility index (Phi) is 5.83. The van der Waals surface area contributed by atoms with Gasteiger partial charge in [-0.05, 0) is 44.0 Å². The molecule has 2 aromatic rings. The number of amides is 1. The fourth-order valence-corrected chi connectivity index (χ4v) is 3.17. The number of para-hydroxylation sites is 1. The minimum Gasteiger partial charge on any atom is -0.451 e. The van der Waals surface area contributed by atoms with E-state index in [0.29, 0.717) is 23.4 Å². The van der Waals surface area contributed by atoms with E-state index in [9.17, 15) is 9.59 Å². The molecule has 1 saturated heterocycles. The standard InChI is InChI=1S/C19H24N2O4/c1-24-11-10-21-8-6-14(7-9-21)13-20-19(23)18-12-16(22)15-4-2-3-5-17(15)25-18/h2-5,12,14H,6-11,13H2,1H3,(H,20,23). The first-order valence-electron chi connectivity index (χ1n) is 8.70. The molecule has 0 saturated carbocycles. The average molecular weight is 344 g/mol. The molecule has 1 amide bonds. The number of likely N-dealkylation sites (tertiary alicyclic amines) is 1. The molecule has 0 spiro atoms. The molecular weight excluding hydrogens is 320 g/mol. The summed E-state index contributed by atoms with van der Waals surface area (Å²) in [4.78, 5) is 26.8. The number of methoxy groups -OCH3 is 1. The van der Waals surface area contributed by atoms with E-state index in [4.69, 9.17) is 9.15 Å². The van der Waals surface area contributed by atoms with Crippen LogP contribution in [0.1, 0.15) is 23.4 Å². The Labute approximate surface area is 146 Å². The van der Waals surface area contributed by atoms with Gasteiger partial charge in [-0.3, -0.25) is 9.59 Å². The van der Waals surface area contributed by atoms with Crippen molar-refractivity contribution < 1.29 is 13.9 Å². The van der Waals surface area contributed by atoms with Crippen LogP contribution in [0.25, 0.3) is 11.0 Å². The Morgan fingerprint density at radius 1 is 1.32 bits per heavy atom. The third kappa shape index (κ3) is 4.46. The van der Waals surface area contributed by atoms with Gasteiger partial charge in [0, 0.05) is 26.3 Å². The van der Waals surface area contributed by atoms with Gasteiger partial charge in [-0.1, -0.05) is 12.1 Å². The zero-order valence-electron chi connectivity index (χ0n) is 14.5. The normalized spacial score (nSPS) is 16.2. The number of hydrogen-bond donors (Lipinski definition) is 1. The van der Waals surface area contributed by atoms with Gasteiger partial charge in [-0.2, -0.15) is 0 Å². The van der Waals surface area contributed by atoms with Crippen molar-refractivity contribution in [2.75, 3.05) is 39.9 Å². The number of carbonyl (C=O) groups excluding carboxylic acids is 1. The van der Waals surface area contributed by atoms with E-state index in [1.165, 1.54) is 6.07 Å². The Morgan fingerprint density at radius 3 is 2.84 bits per heavy atom. The third-order valence-corrected chi connectivity index (χ3v) is 4.73. The summed E-state index contributed by atoms with van der Waals surface area (Å²) in [6, 6.07) is 8.22. The number of ether oxygens (including phenoxy) is 1. The van der Waals surface area contributed by atoms with Crippen molar-refractivity contribution in [2.45, 2.75) is 12.8 Å². The highest BCUT2D eigenvalue weighted by atomic mass is 16.5. The van der Waals surface area contributed by atoms with Crippen LogP contribution in [0.3, 0.4) is 0 Å². The van der Waals surface area contributed by atoms with E-state index in [2.05, 4.69) is 10.2 Å². The van der Waals surface area contributed by atoms with Crippen LogP contribution >= 0.6 is 0 Å². The van der Waals surface area contributed by atoms with Crippen molar-refractivity contribution in [3.8, 4) is 0 Å². The second-order valence-electron chi connectivity index (χ2n) is 6.46. The van der Waals surface area contributed by atoms with Crippen LogP contribution in [0, 0.1) is 5.92 Å². The van der Waals surface area contributed by atoms with Gasteiger partial charge in [-0.25, -0.2) is 0 Å². The number of piperidine rings is 1. The molecule has 6 nitrogen and oxygen atoms in total. The molecule has 3 rings (SSSR count). The zero-order valence-corrected chi connectivity index (χ0v) is 14.5. The van der Waals surface area contributed by atoms with E-state index in [1.54, 1.807) is 31.4 Å². The maximum Gasteiger partial charge on any atom is 0.287 e. The molecular formula is C19H24N2O4. The Balaban J connectivity index is 1.54. The van der Waals surface area contributed by atoms with E-state index in [0.717, 1.165) is 39.1 Å². The molecule has 0 bridgehead atoms. The average Bonchev–Trinajstić information content (AvgIpc) is 2.65. The molecule has 1 N–H and O–H groups in total. The van der Waals surface area contributed by atoms with Crippen molar-refractivity contribution in [1.29, 1.82) is 0 Å². The molecule has 0 aliphatic carbocycles. The van der Waals surface area contributed by atoms with Crippen LogP contribution in [0.5, 0.6) is 0 Å². The SMILES string of the molecule is COCCN1CCC(CNC(=O)c2cc(=O)c3ccccc3o2)CC1. The lowest BCUT2D eigenvalue weighted by Gasteiger charge is -2.31. The van der Waals surface area contributed by atoms with E-state index >= 15 is 0 Å². The lowest BCUT2D eigenvalue weighted by molar-refractivity contribution is 0.0900. The highest BCUT2D eigenvalue weighted by molar-refractivity contribution is 5.93. The number of benzene rings is 1. The van der Waals surface area contributed by atoms with Crippen molar-refractivity contribution in [3.05, 3.63) is 46.3 Å². The van der Waals surface area contributed by atoms with Gasteiger partial charge in [0.2, 0.25) is 0 Å². The van der Waals surface area contributed by atoms with Crippen LogP contribution in [-0.2, 0) is 4.74 Å². The van der Waals surface area contributed by atoms with E-state index in [1.807, 2.05) is 0 Å². The summed E-state index contributed by atoms with van der Waals surface area (Å²) in [5.74, 6) is 0.195. The quantitative estimate of drug-likeness (QED) is 0.866. The Bertz CT molecular complexity index is 778. The monoisotopic (exact) mass is 344 g/mol. The third-order valence-electron chi connectivity index (χ3n) is 4.73. The molecule has 0 unspecified atom stereocenters. The van der Waals surface area contributed by atoms with Gasteiger partial charge in [0.15, 0.2) is 11.2 Å². The highest BCUT2D eigenvalue weighted by Gasteiger charge is 2.20. The van der Waals surface area contributed by atoms with Gasteiger partial charge >= 0.3 is 0 Å². The fourth-order valence-electron chi connectivity index (χ4n) is 3.17. The highest BCUT2D eigenvalue weighted by Crippen LogP contribution is 2.16. The molecule has 0 radical (unpaired) electrons. The predicted molar refractivity (Wildman–Crippen MR) is 95.9 cm³/mol. The Morgan fingerprint density at radius 2 is 2.08 bits per heavy atom. The maximum absolute atomic E-state index is 12.3. The minimum absolute atomic E-state index is 0.0706.